The monoisotopic (exact) mass is 286 g/mol. The molecule has 2 unspecified atom stereocenters. The largest absolute Gasteiger partial charge is 0.342 e. The van der Waals surface area contributed by atoms with E-state index < -0.39 is 6.04 Å². The van der Waals surface area contributed by atoms with Crippen LogP contribution in [-0.4, -0.2) is 23.9 Å². The number of anilines is 1. The second-order valence-corrected chi connectivity index (χ2v) is 6.45. The van der Waals surface area contributed by atoms with Crippen LogP contribution in [0.2, 0.25) is 0 Å². The minimum Gasteiger partial charge on any atom is -0.342 e. The topological polar surface area (TPSA) is 49.4 Å². The van der Waals surface area contributed by atoms with E-state index in [1.165, 1.54) is 5.56 Å². The second kappa shape index (κ2) is 5.17. The molecule has 2 amide bonds. The summed E-state index contributed by atoms with van der Waals surface area (Å²) in [5.74, 6) is 0.753. The van der Waals surface area contributed by atoms with E-state index in [1.807, 2.05) is 24.3 Å². The van der Waals surface area contributed by atoms with Gasteiger partial charge in [-0.2, -0.15) is 0 Å². The van der Waals surface area contributed by atoms with E-state index in [2.05, 4.69) is 19.2 Å². The SMILES string of the molecule is CC(C)c1ccc(N2C(=O)C(C3CC3)NC(=O)C2C)cc1. The fraction of sp³-hybridized carbons (Fsp3) is 0.529. The molecular weight excluding hydrogens is 264 g/mol. The predicted octanol–water partition coefficient (Wildman–Crippen LogP) is 2.44. The zero-order valence-electron chi connectivity index (χ0n) is 12.8. The van der Waals surface area contributed by atoms with Crippen LogP contribution in [-0.2, 0) is 9.59 Å². The molecular formula is C17H22N2O2. The Hall–Kier alpha value is -1.84. The maximum Gasteiger partial charge on any atom is 0.250 e. The Morgan fingerprint density at radius 1 is 1.14 bits per heavy atom. The fourth-order valence-corrected chi connectivity index (χ4v) is 2.91. The van der Waals surface area contributed by atoms with Crippen LogP contribution in [0, 0.1) is 5.92 Å². The van der Waals surface area contributed by atoms with Crippen LogP contribution in [0.5, 0.6) is 0 Å². The molecule has 2 fully saturated rings. The summed E-state index contributed by atoms with van der Waals surface area (Å²) in [4.78, 5) is 26.5. The van der Waals surface area contributed by atoms with Crippen LogP contribution in [0.4, 0.5) is 5.69 Å². The van der Waals surface area contributed by atoms with E-state index >= 15 is 0 Å². The number of carbonyl (C=O) groups excluding carboxylic acids is 2. The predicted molar refractivity (Wildman–Crippen MR) is 82.1 cm³/mol. The quantitative estimate of drug-likeness (QED) is 0.928. The Morgan fingerprint density at radius 2 is 1.76 bits per heavy atom. The zero-order chi connectivity index (χ0) is 15.1. The highest BCUT2D eigenvalue weighted by Crippen LogP contribution is 2.36. The van der Waals surface area contributed by atoms with Crippen LogP contribution in [0.3, 0.4) is 0 Å². The summed E-state index contributed by atoms with van der Waals surface area (Å²) in [6.07, 6.45) is 2.07. The molecule has 1 aromatic carbocycles. The Bertz CT molecular complexity index is 561. The minimum absolute atomic E-state index is 0.0295. The maximum absolute atomic E-state index is 12.7. The smallest absolute Gasteiger partial charge is 0.250 e. The van der Waals surface area contributed by atoms with Crippen molar-refractivity contribution in [3.05, 3.63) is 29.8 Å². The number of benzene rings is 1. The molecule has 4 nitrogen and oxygen atoms in total. The summed E-state index contributed by atoms with van der Waals surface area (Å²) in [5, 5.41) is 2.88. The lowest BCUT2D eigenvalue weighted by Gasteiger charge is -2.37. The highest BCUT2D eigenvalue weighted by molar-refractivity contribution is 6.08. The zero-order valence-corrected chi connectivity index (χ0v) is 12.8. The van der Waals surface area contributed by atoms with Crippen molar-refractivity contribution in [2.24, 2.45) is 5.92 Å². The molecule has 0 aromatic heterocycles. The summed E-state index contributed by atoms with van der Waals surface area (Å²) in [6, 6.07) is 7.20. The third-order valence-corrected chi connectivity index (χ3v) is 4.50. The first-order valence-corrected chi connectivity index (χ1v) is 7.72. The van der Waals surface area contributed by atoms with E-state index in [4.69, 9.17) is 0 Å². The average Bonchev–Trinajstić information content (AvgIpc) is 3.28. The Morgan fingerprint density at radius 3 is 2.29 bits per heavy atom. The Kier molecular flexibility index (Phi) is 3.47. The summed E-state index contributed by atoms with van der Waals surface area (Å²) in [5.41, 5.74) is 2.05. The van der Waals surface area contributed by atoms with Gasteiger partial charge in [-0.05, 0) is 49.3 Å². The number of carbonyl (C=O) groups is 2. The normalized spacial score (nSPS) is 26.2. The van der Waals surface area contributed by atoms with E-state index in [-0.39, 0.29) is 17.9 Å². The molecule has 112 valence electrons. The summed E-state index contributed by atoms with van der Waals surface area (Å²) >= 11 is 0. The van der Waals surface area contributed by atoms with Crippen molar-refractivity contribution in [3.8, 4) is 0 Å². The van der Waals surface area contributed by atoms with Crippen LogP contribution in [0.25, 0.3) is 0 Å². The van der Waals surface area contributed by atoms with Crippen molar-refractivity contribution < 1.29 is 9.59 Å². The molecule has 0 bridgehead atoms. The first-order valence-electron chi connectivity index (χ1n) is 7.72. The number of rotatable bonds is 3. The van der Waals surface area contributed by atoms with Gasteiger partial charge in [0, 0.05) is 5.69 Å². The highest BCUT2D eigenvalue weighted by Gasteiger charge is 2.45. The molecule has 2 atom stereocenters. The van der Waals surface area contributed by atoms with Gasteiger partial charge in [-0.15, -0.1) is 0 Å². The number of nitrogens with zero attached hydrogens (tertiary/aromatic N) is 1. The average molecular weight is 286 g/mol. The highest BCUT2D eigenvalue weighted by atomic mass is 16.2. The van der Waals surface area contributed by atoms with E-state index in [1.54, 1.807) is 11.8 Å². The summed E-state index contributed by atoms with van der Waals surface area (Å²) in [7, 11) is 0. The molecule has 4 heteroatoms. The van der Waals surface area contributed by atoms with Gasteiger partial charge in [0.15, 0.2) is 0 Å². The lowest BCUT2D eigenvalue weighted by molar-refractivity contribution is -0.133. The third-order valence-electron chi connectivity index (χ3n) is 4.50. The lowest BCUT2D eigenvalue weighted by atomic mass is 10.0. The molecule has 0 radical (unpaired) electrons. The van der Waals surface area contributed by atoms with Gasteiger partial charge in [-0.1, -0.05) is 26.0 Å². The number of nitrogens with one attached hydrogen (secondary N) is 1. The van der Waals surface area contributed by atoms with Gasteiger partial charge in [-0.25, -0.2) is 0 Å². The van der Waals surface area contributed by atoms with E-state index in [0.29, 0.717) is 11.8 Å². The van der Waals surface area contributed by atoms with Gasteiger partial charge < -0.3 is 5.32 Å². The minimum atomic E-state index is -0.447. The standard InChI is InChI=1S/C17H22N2O2/c1-10(2)12-6-8-14(9-7-12)19-11(3)16(20)18-15(17(19)21)13-4-5-13/h6-11,13,15H,4-5H2,1-3H3,(H,18,20). The number of amides is 2. The van der Waals surface area contributed by atoms with Gasteiger partial charge in [0.05, 0.1) is 0 Å². The number of hydrogen-bond donors (Lipinski definition) is 1. The van der Waals surface area contributed by atoms with Crippen molar-refractivity contribution in [1.82, 2.24) is 5.32 Å². The molecule has 1 aromatic rings. The Balaban J connectivity index is 1.90. The molecule has 1 saturated heterocycles. The van der Waals surface area contributed by atoms with Crippen LogP contribution < -0.4 is 10.2 Å². The van der Waals surface area contributed by atoms with Crippen molar-refractivity contribution in [2.45, 2.75) is 51.6 Å². The van der Waals surface area contributed by atoms with Crippen LogP contribution in [0.1, 0.15) is 45.1 Å². The third kappa shape index (κ3) is 2.55. The van der Waals surface area contributed by atoms with Gasteiger partial charge in [-0.3, -0.25) is 14.5 Å². The van der Waals surface area contributed by atoms with E-state index in [0.717, 1.165) is 18.5 Å². The lowest BCUT2D eigenvalue weighted by Crippen LogP contribution is -2.63. The molecule has 2 aliphatic rings. The van der Waals surface area contributed by atoms with Crippen molar-refractivity contribution >= 4 is 17.5 Å². The molecule has 1 saturated carbocycles. The van der Waals surface area contributed by atoms with Crippen LogP contribution in [0.15, 0.2) is 24.3 Å². The fourth-order valence-electron chi connectivity index (χ4n) is 2.91. The molecule has 1 heterocycles. The molecule has 0 spiro atoms. The molecule has 1 aliphatic carbocycles. The van der Waals surface area contributed by atoms with Gasteiger partial charge in [0.2, 0.25) is 5.91 Å². The summed E-state index contributed by atoms with van der Waals surface area (Å²) in [6.45, 7) is 6.06. The number of hydrogen-bond acceptors (Lipinski definition) is 2. The van der Waals surface area contributed by atoms with Gasteiger partial charge >= 0.3 is 0 Å². The maximum atomic E-state index is 12.7. The molecule has 1 N–H and O–H groups in total. The Labute approximate surface area is 125 Å². The van der Waals surface area contributed by atoms with E-state index in [9.17, 15) is 9.59 Å². The van der Waals surface area contributed by atoms with Crippen molar-refractivity contribution in [2.75, 3.05) is 4.90 Å². The molecule has 1 aliphatic heterocycles. The van der Waals surface area contributed by atoms with Crippen LogP contribution >= 0.6 is 0 Å². The first kappa shape index (κ1) is 14.1. The van der Waals surface area contributed by atoms with Gasteiger partial charge in [0.1, 0.15) is 12.1 Å². The summed E-state index contributed by atoms with van der Waals surface area (Å²) < 4.78 is 0. The molecule has 3 rings (SSSR count). The second-order valence-electron chi connectivity index (χ2n) is 6.45. The first-order chi connectivity index (χ1) is 9.99. The number of piperazine rings is 1. The van der Waals surface area contributed by atoms with Crippen molar-refractivity contribution in [3.63, 3.8) is 0 Å². The van der Waals surface area contributed by atoms with Crippen molar-refractivity contribution in [1.29, 1.82) is 0 Å². The molecule has 21 heavy (non-hydrogen) atoms. The van der Waals surface area contributed by atoms with Gasteiger partial charge in [0.25, 0.3) is 5.91 Å².